The van der Waals surface area contributed by atoms with Gasteiger partial charge in [-0.25, -0.2) is 0 Å². The van der Waals surface area contributed by atoms with Crippen molar-refractivity contribution >= 4 is 17.5 Å². The van der Waals surface area contributed by atoms with Crippen LogP contribution in [0.2, 0.25) is 0 Å². The molecule has 0 bridgehead atoms. The lowest BCUT2D eigenvalue weighted by Gasteiger charge is -2.28. The van der Waals surface area contributed by atoms with Gasteiger partial charge in [-0.1, -0.05) is 26.0 Å². The molecule has 0 fully saturated rings. The number of nitro benzene ring substituents is 1. The lowest BCUT2D eigenvalue weighted by molar-refractivity contribution is -0.385. The number of benzene rings is 2. The molecule has 2 amide bonds. The molecule has 0 saturated heterocycles. The SMILES string of the molecule is COc1ccc(CCN(Cc2ccco2)C(=O)CN(CC(C)C)C(=O)c2ccc(C)c([N+](=O)[O-])c2)cc1OC. The van der Waals surface area contributed by atoms with E-state index < -0.39 is 10.8 Å². The van der Waals surface area contributed by atoms with Crippen LogP contribution in [0, 0.1) is 23.0 Å². The normalized spacial score (nSPS) is 10.8. The van der Waals surface area contributed by atoms with E-state index in [0.29, 0.717) is 42.3 Å². The standard InChI is InChI=1S/C29H35N3O7/c1-20(2)17-31(29(34)23-10-8-21(3)25(16-23)32(35)36)19-28(33)30(18-24-7-6-14-39-24)13-12-22-9-11-26(37-4)27(15-22)38-5/h6-11,14-16,20H,12-13,17-19H2,1-5H3. The van der Waals surface area contributed by atoms with Gasteiger partial charge in [-0.3, -0.25) is 19.7 Å². The number of nitro groups is 1. The van der Waals surface area contributed by atoms with E-state index in [1.54, 1.807) is 56.6 Å². The Hall–Kier alpha value is -4.34. The van der Waals surface area contributed by atoms with Crippen molar-refractivity contribution in [2.45, 2.75) is 33.7 Å². The molecule has 0 aliphatic heterocycles. The Morgan fingerprint density at radius 3 is 2.38 bits per heavy atom. The van der Waals surface area contributed by atoms with Gasteiger partial charge >= 0.3 is 0 Å². The van der Waals surface area contributed by atoms with Gasteiger partial charge < -0.3 is 23.7 Å². The third kappa shape index (κ3) is 7.83. The average molecular weight is 538 g/mol. The number of rotatable bonds is 13. The summed E-state index contributed by atoms with van der Waals surface area (Å²) in [5.41, 5.74) is 1.45. The number of amides is 2. The smallest absolute Gasteiger partial charge is 0.273 e. The van der Waals surface area contributed by atoms with Crippen molar-refractivity contribution in [3.8, 4) is 11.5 Å². The van der Waals surface area contributed by atoms with Gasteiger partial charge in [0.1, 0.15) is 12.3 Å². The second kappa shape index (κ2) is 13.5. The Kier molecular flexibility index (Phi) is 10.1. The van der Waals surface area contributed by atoms with Crippen LogP contribution in [0.4, 0.5) is 5.69 Å². The summed E-state index contributed by atoms with van der Waals surface area (Å²) in [4.78, 5) is 41.1. The third-order valence-electron chi connectivity index (χ3n) is 6.25. The Labute approximate surface area is 228 Å². The van der Waals surface area contributed by atoms with Crippen LogP contribution < -0.4 is 9.47 Å². The summed E-state index contributed by atoms with van der Waals surface area (Å²) in [5, 5.41) is 11.4. The highest BCUT2D eigenvalue weighted by atomic mass is 16.6. The van der Waals surface area contributed by atoms with E-state index in [0.717, 1.165) is 5.56 Å². The maximum absolute atomic E-state index is 13.6. The van der Waals surface area contributed by atoms with E-state index >= 15 is 0 Å². The van der Waals surface area contributed by atoms with E-state index in [1.165, 1.54) is 11.0 Å². The molecule has 3 rings (SSSR count). The number of methoxy groups -OCH3 is 2. The molecule has 1 heterocycles. The van der Waals surface area contributed by atoms with Crippen molar-refractivity contribution < 1.29 is 28.4 Å². The van der Waals surface area contributed by atoms with E-state index in [4.69, 9.17) is 13.9 Å². The molecule has 0 unspecified atom stereocenters. The molecule has 0 radical (unpaired) electrons. The van der Waals surface area contributed by atoms with Crippen LogP contribution in [0.1, 0.15) is 41.1 Å². The van der Waals surface area contributed by atoms with Gasteiger partial charge in [0.2, 0.25) is 5.91 Å². The quantitative estimate of drug-likeness (QED) is 0.225. The van der Waals surface area contributed by atoms with Crippen LogP contribution in [-0.2, 0) is 17.8 Å². The third-order valence-corrected chi connectivity index (χ3v) is 6.25. The molecule has 10 nitrogen and oxygen atoms in total. The minimum atomic E-state index is -0.511. The van der Waals surface area contributed by atoms with Gasteiger partial charge in [-0.2, -0.15) is 0 Å². The molecule has 0 aliphatic rings. The van der Waals surface area contributed by atoms with Crippen molar-refractivity contribution in [3.63, 3.8) is 0 Å². The predicted octanol–water partition coefficient (Wildman–Crippen LogP) is 4.88. The summed E-state index contributed by atoms with van der Waals surface area (Å²) in [5.74, 6) is 1.21. The molecule has 2 aromatic carbocycles. The van der Waals surface area contributed by atoms with Gasteiger partial charge in [-0.05, 0) is 55.2 Å². The van der Waals surface area contributed by atoms with Gasteiger partial charge in [0.05, 0.1) is 32.0 Å². The van der Waals surface area contributed by atoms with Crippen LogP contribution in [-0.4, -0.2) is 60.4 Å². The first-order valence-electron chi connectivity index (χ1n) is 12.7. The van der Waals surface area contributed by atoms with Crippen molar-refractivity contribution in [1.29, 1.82) is 0 Å². The summed E-state index contributed by atoms with van der Waals surface area (Å²) in [6, 6.07) is 13.5. The van der Waals surface area contributed by atoms with Crippen LogP contribution in [0.3, 0.4) is 0 Å². The summed E-state index contributed by atoms with van der Waals surface area (Å²) in [6.07, 6.45) is 2.08. The van der Waals surface area contributed by atoms with Gasteiger partial charge in [0.15, 0.2) is 11.5 Å². The summed E-state index contributed by atoms with van der Waals surface area (Å²) < 4.78 is 16.2. The summed E-state index contributed by atoms with van der Waals surface area (Å²) in [7, 11) is 3.14. The molecule has 208 valence electrons. The number of hydrogen-bond acceptors (Lipinski definition) is 7. The Morgan fingerprint density at radius 1 is 1.03 bits per heavy atom. The number of ether oxygens (including phenoxy) is 2. The van der Waals surface area contributed by atoms with Crippen LogP contribution >= 0.6 is 0 Å². The monoisotopic (exact) mass is 537 g/mol. The molecule has 10 heteroatoms. The lowest BCUT2D eigenvalue weighted by Crippen LogP contribution is -2.44. The fraction of sp³-hybridized carbons (Fsp3) is 0.379. The average Bonchev–Trinajstić information content (AvgIpc) is 3.43. The van der Waals surface area contributed by atoms with E-state index in [2.05, 4.69) is 0 Å². The van der Waals surface area contributed by atoms with Crippen molar-refractivity contribution in [2.75, 3.05) is 33.9 Å². The fourth-order valence-electron chi connectivity index (χ4n) is 4.23. The van der Waals surface area contributed by atoms with Crippen molar-refractivity contribution in [1.82, 2.24) is 9.80 Å². The summed E-state index contributed by atoms with van der Waals surface area (Å²) >= 11 is 0. The molecule has 0 N–H and O–H groups in total. The number of furan rings is 1. The summed E-state index contributed by atoms with van der Waals surface area (Å²) in [6.45, 7) is 6.25. The molecule has 3 aromatic rings. The molecule has 39 heavy (non-hydrogen) atoms. The van der Waals surface area contributed by atoms with Gasteiger partial charge in [0.25, 0.3) is 11.6 Å². The minimum absolute atomic E-state index is 0.0764. The zero-order valence-corrected chi connectivity index (χ0v) is 23.0. The van der Waals surface area contributed by atoms with Crippen molar-refractivity contribution in [2.24, 2.45) is 5.92 Å². The number of carbonyl (C=O) groups is 2. The van der Waals surface area contributed by atoms with Crippen molar-refractivity contribution in [3.05, 3.63) is 87.4 Å². The molecule has 0 aliphatic carbocycles. The maximum Gasteiger partial charge on any atom is 0.273 e. The molecule has 0 saturated carbocycles. The predicted molar refractivity (Wildman–Crippen MR) is 146 cm³/mol. The van der Waals surface area contributed by atoms with E-state index in [9.17, 15) is 19.7 Å². The Bertz CT molecular complexity index is 1290. The number of nitrogens with zero attached hydrogens (tertiary/aromatic N) is 3. The fourth-order valence-corrected chi connectivity index (χ4v) is 4.23. The number of hydrogen-bond donors (Lipinski definition) is 0. The Morgan fingerprint density at radius 2 is 1.77 bits per heavy atom. The largest absolute Gasteiger partial charge is 0.493 e. The minimum Gasteiger partial charge on any atom is -0.493 e. The zero-order valence-electron chi connectivity index (χ0n) is 23.0. The first kappa shape index (κ1) is 29.2. The van der Waals surface area contributed by atoms with Crippen LogP contribution in [0.25, 0.3) is 0 Å². The van der Waals surface area contributed by atoms with Crippen LogP contribution in [0.15, 0.2) is 59.2 Å². The highest BCUT2D eigenvalue weighted by Gasteiger charge is 2.25. The Balaban J connectivity index is 1.82. The first-order chi connectivity index (χ1) is 18.6. The second-order valence-electron chi connectivity index (χ2n) is 9.67. The lowest BCUT2D eigenvalue weighted by atomic mass is 10.1. The van der Waals surface area contributed by atoms with Gasteiger partial charge in [0, 0.05) is 30.3 Å². The number of aryl methyl sites for hydroxylation is 1. The number of carbonyl (C=O) groups excluding carboxylic acids is 2. The van der Waals surface area contributed by atoms with Gasteiger partial charge in [-0.15, -0.1) is 0 Å². The topological polar surface area (TPSA) is 115 Å². The molecular weight excluding hydrogens is 502 g/mol. The molecule has 1 aromatic heterocycles. The zero-order chi connectivity index (χ0) is 28.5. The highest BCUT2D eigenvalue weighted by molar-refractivity contribution is 5.97. The maximum atomic E-state index is 13.6. The molecular formula is C29H35N3O7. The second-order valence-corrected chi connectivity index (χ2v) is 9.67. The highest BCUT2D eigenvalue weighted by Crippen LogP contribution is 2.28. The van der Waals surface area contributed by atoms with Crippen LogP contribution in [0.5, 0.6) is 11.5 Å². The molecule has 0 atom stereocenters. The molecule has 0 spiro atoms. The first-order valence-corrected chi connectivity index (χ1v) is 12.7. The van der Waals surface area contributed by atoms with E-state index in [1.807, 2.05) is 32.0 Å². The van der Waals surface area contributed by atoms with E-state index in [-0.39, 0.29) is 36.2 Å².